The van der Waals surface area contributed by atoms with Crippen molar-refractivity contribution in [3.05, 3.63) is 68.7 Å². The largest absolute Gasteiger partial charge is 0.288 e. The molecular weight excluding hydrogens is 451 g/mol. The van der Waals surface area contributed by atoms with Gasteiger partial charge in [0.1, 0.15) is 0 Å². The van der Waals surface area contributed by atoms with E-state index in [-0.39, 0.29) is 0 Å². The number of carbonyl (C=O) groups is 4. The van der Waals surface area contributed by atoms with Crippen LogP contribution in [0, 0.1) is 0 Å². The molecule has 32 heavy (non-hydrogen) atoms. The Balaban J connectivity index is 1.88. The number of benzene rings is 5. The Morgan fingerprint density at radius 1 is 0.469 bits per heavy atom. The van der Waals surface area contributed by atoms with Gasteiger partial charge >= 0.3 is 0 Å². The molecule has 152 valence electrons. The summed E-state index contributed by atoms with van der Waals surface area (Å²) in [6.45, 7) is 0. The molecule has 0 aromatic heterocycles. The first-order valence-electron chi connectivity index (χ1n) is 9.67. The summed E-state index contributed by atoms with van der Waals surface area (Å²) in [5.74, 6) is -1.99. The summed E-state index contributed by atoms with van der Waals surface area (Å²) in [4.78, 5) is 50.2. The number of rotatable bonds is 0. The second-order valence-corrected chi connectivity index (χ2v) is 8.76. The summed E-state index contributed by atoms with van der Waals surface area (Å²) in [6.07, 6.45) is 0. The number of fused-ring (bicyclic) bond motifs is 2. The van der Waals surface area contributed by atoms with Crippen LogP contribution in [-0.2, 0) is 0 Å². The predicted molar refractivity (Wildman–Crippen MR) is 121 cm³/mol. The zero-order valence-electron chi connectivity index (χ0n) is 15.9. The maximum Gasteiger partial charge on any atom is 0.258 e. The summed E-state index contributed by atoms with van der Waals surface area (Å²) < 4.78 is 0. The lowest BCUT2D eigenvalue weighted by molar-refractivity contribution is 0.0828. The van der Waals surface area contributed by atoms with Crippen molar-refractivity contribution in [3.8, 4) is 0 Å². The van der Waals surface area contributed by atoms with Crippen LogP contribution in [0.15, 0.2) is 36.4 Å². The van der Waals surface area contributed by atoms with Crippen molar-refractivity contribution in [3.63, 3.8) is 0 Å². The molecule has 0 saturated heterocycles. The second kappa shape index (κ2) is 5.54. The molecule has 7 rings (SSSR count). The van der Waals surface area contributed by atoms with Crippen molar-refractivity contribution in [2.75, 3.05) is 0 Å². The lowest BCUT2D eigenvalue weighted by atomic mass is 9.82. The summed E-state index contributed by atoms with van der Waals surface area (Å²) in [5.41, 5.74) is 1.36. The van der Waals surface area contributed by atoms with Gasteiger partial charge in [-0.15, -0.1) is 0 Å². The fourth-order valence-corrected chi connectivity index (χ4v) is 5.83. The van der Waals surface area contributed by atoms with E-state index < -0.39 is 23.6 Å². The van der Waals surface area contributed by atoms with E-state index >= 15 is 0 Å². The van der Waals surface area contributed by atoms with Gasteiger partial charge < -0.3 is 0 Å². The molecule has 0 atom stereocenters. The van der Waals surface area contributed by atoms with Crippen molar-refractivity contribution in [1.29, 1.82) is 0 Å². The first-order chi connectivity index (χ1) is 15.4. The fourth-order valence-electron chi connectivity index (χ4n) is 5.22. The van der Waals surface area contributed by atoms with Gasteiger partial charge in [0, 0.05) is 64.6 Å². The molecule has 4 amide bonds. The molecule has 2 N–H and O–H groups in total. The Morgan fingerprint density at radius 2 is 0.844 bits per heavy atom. The minimum absolute atomic E-state index is 0.310. The Labute approximate surface area is 188 Å². The van der Waals surface area contributed by atoms with E-state index in [1.54, 1.807) is 36.4 Å². The smallest absolute Gasteiger partial charge is 0.258 e. The van der Waals surface area contributed by atoms with Gasteiger partial charge in [-0.2, -0.15) is 0 Å². The number of hydrogen-bond acceptors (Lipinski definition) is 4. The molecule has 0 radical (unpaired) electrons. The average Bonchev–Trinajstić information content (AvgIpc) is 2.76. The van der Waals surface area contributed by atoms with Crippen molar-refractivity contribution in [1.82, 2.24) is 10.6 Å². The third-order valence-electron chi connectivity index (χ3n) is 6.44. The molecule has 5 aromatic carbocycles. The number of carbonyl (C=O) groups excluding carboxylic acids is 4. The fraction of sp³-hybridized carbons (Fsp3) is 0. The predicted octanol–water partition coefficient (Wildman–Crippen LogP) is 4.81. The summed E-state index contributed by atoms with van der Waals surface area (Å²) in [5, 5.41) is 10.3. The number of halogens is 2. The molecule has 2 heterocycles. The maximum atomic E-state index is 12.6. The van der Waals surface area contributed by atoms with E-state index in [4.69, 9.17) is 23.2 Å². The maximum absolute atomic E-state index is 12.6. The zero-order chi connectivity index (χ0) is 22.0. The zero-order valence-corrected chi connectivity index (χ0v) is 17.4. The Hall–Kier alpha value is -3.74. The van der Waals surface area contributed by atoms with Crippen LogP contribution in [0.1, 0.15) is 41.4 Å². The molecule has 5 aromatic rings. The van der Waals surface area contributed by atoms with Crippen LogP contribution in [0.3, 0.4) is 0 Å². The van der Waals surface area contributed by atoms with Gasteiger partial charge in [-0.1, -0.05) is 35.3 Å². The molecule has 0 unspecified atom stereocenters. The van der Waals surface area contributed by atoms with Crippen LogP contribution in [-0.4, -0.2) is 23.6 Å². The minimum atomic E-state index is -0.516. The van der Waals surface area contributed by atoms with E-state index in [0.717, 1.165) is 0 Å². The van der Waals surface area contributed by atoms with Crippen molar-refractivity contribution in [2.45, 2.75) is 0 Å². The van der Waals surface area contributed by atoms with Crippen molar-refractivity contribution < 1.29 is 19.2 Å². The summed E-state index contributed by atoms with van der Waals surface area (Å²) >= 11 is 13.4. The van der Waals surface area contributed by atoms with E-state index in [0.29, 0.717) is 75.4 Å². The third-order valence-corrected chi connectivity index (χ3v) is 7.04. The molecule has 2 aliphatic heterocycles. The van der Waals surface area contributed by atoms with E-state index in [9.17, 15) is 19.2 Å². The van der Waals surface area contributed by atoms with Crippen LogP contribution < -0.4 is 10.6 Å². The highest BCUT2D eigenvalue weighted by molar-refractivity contribution is 6.50. The standard InChI is InChI=1S/C24H8Cl2N2O4/c25-13-5-12-16-10(22(30)28-24(12)32)4-2-8-18-14(26)6-11-15-9(21(29)27-23(11)31)3-1-7(19(15)18)17(13)20(8)16/h1-6H,(H,27,29,31)(H,28,30,32). The number of imide groups is 2. The highest BCUT2D eigenvalue weighted by Crippen LogP contribution is 2.49. The van der Waals surface area contributed by atoms with Crippen LogP contribution in [0.5, 0.6) is 0 Å². The van der Waals surface area contributed by atoms with Gasteiger partial charge in [0.25, 0.3) is 23.6 Å². The number of nitrogens with one attached hydrogen (secondary N) is 2. The van der Waals surface area contributed by atoms with E-state index in [2.05, 4.69) is 10.6 Å². The minimum Gasteiger partial charge on any atom is -0.288 e. The Morgan fingerprint density at radius 3 is 1.25 bits per heavy atom. The molecule has 0 aliphatic carbocycles. The topological polar surface area (TPSA) is 92.3 Å². The number of amides is 4. The van der Waals surface area contributed by atoms with E-state index in [1.807, 2.05) is 0 Å². The van der Waals surface area contributed by atoms with Crippen LogP contribution >= 0.6 is 23.2 Å². The lowest BCUT2D eigenvalue weighted by Crippen LogP contribution is -2.35. The SMILES string of the molecule is O=C1NC(=O)c2cc(Cl)c3c4ccc5c6c(cc(Cl)c(c7ccc1c2c73)c64)C(=O)NC5=O. The quantitative estimate of drug-likeness (QED) is 0.198. The molecule has 8 heteroatoms. The molecule has 0 bridgehead atoms. The van der Waals surface area contributed by atoms with Crippen LogP contribution in [0.4, 0.5) is 0 Å². The van der Waals surface area contributed by atoms with Gasteiger partial charge in [-0.25, -0.2) is 0 Å². The van der Waals surface area contributed by atoms with Gasteiger partial charge in [0.2, 0.25) is 0 Å². The van der Waals surface area contributed by atoms with Crippen molar-refractivity contribution in [2.24, 2.45) is 0 Å². The Bertz CT molecular complexity index is 1690. The monoisotopic (exact) mass is 458 g/mol. The Kier molecular flexibility index (Phi) is 3.10. The molecule has 0 spiro atoms. The normalized spacial score (nSPS) is 15.3. The van der Waals surface area contributed by atoms with Gasteiger partial charge in [-0.3, -0.25) is 29.8 Å². The van der Waals surface area contributed by atoms with E-state index in [1.165, 1.54) is 0 Å². The van der Waals surface area contributed by atoms with Crippen LogP contribution in [0.25, 0.3) is 43.1 Å². The molecule has 0 saturated carbocycles. The highest BCUT2D eigenvalue weighted by atomic mass is 35.5. The highest BCUT2D eigenvalue weighted by Gasteiger charge is 2.32. The summed E-state index contributed by atoms with van der Waals surface area (Å²) in [6, 6.07) is 9.92. The van der Waals surface area contributed by atoms with Crippen molar-refractivity contribution >= 4 is 89.9 Å². The lowest BCUT2D eigenvalue weighted by Gasteiger charge is -2.24. The third kappa shape index (κ3) is 1.89. The van der Waals surface area contributed by atoms with Gasteiger partial charge in [0.15, 0.2) is 0 Å². The molecule has 0 fully saturated rings. The van der Waals surface area contributed by atoms with Crippen LogP contribution in [0.2, 0.25) is 10.0 Å². The molecule has 6 nitrogen and oxygen atoms in total. The first kappa shape index (κ1) is 17.9. The molecular formula is C24H8Cl2N2O4. The number of hydrogen-bond donors (Lipinski definition) is 2. The average molecular weight is 459 g/mol. The second-order valence-electron chi connectivity index (χ2n) is 7.95. The molecule has 2 aliphatic rings. The first-order valence-corrected chi connectivity index (χ1v) is 10.4. The summed E-state index contributed by atoms with van der Waals surface area (Å²) in [7, 11) is 0. The van der Waals surface area contributed by atoms with Gasteiger partial charge in [0.05, 0.1) is 0 Å². The van der Waals surface area contributed by atoms with Gasteiger partial charge in [-0.05, 0) is 35.0 Å².